The van der Waals surface area contributed by atoms with Crippen LogP contribution < -0.4 is 0 Å². The molecule has 0 fully saturated rings. The van der Waals surface area contributed by atoms with Crippen molar-refractivity contribution in [1.82, 2.24) is 4.57 Å². The average molecular weight is 209 g/mol. The Hall–Kier alpha value is -1.25. The lowest BCUT2D eigenvalue weighted by molar-refractivity contribution is 0.0513. The van der Waals surface area contributed by atoms with E-state index >= 15 is 0 Å². The van der Waals surface area contributed by atoms with E-state index in [2.05, 4.69) is 13.8 Å². The van der Waals surface area contributed by atoms with Crippen LogP contribution in [0.4, 0.5) is 0 Å². The van der Waals surface area contributed by atoms with Gasteiger partial charge in [0.1, 0.15) is 5.69 Å². The molecule has 0 aliphatic carbocycles. The molecule has 1 unspecified atom stereocenters. The van der Waals surface area contributed by atoms with E-state index in [1.165, 1.54) is 0 Å². The molecule has 3 heteroatoms. The first-order chi connectivity index (χ1) is 7.19. The first-order valence-corrected chi connectivity index (χ1v) is 5.51. The molecule has 1 rings (SSSR count). The molecule has 1 aromatic rings. The van der Waals surface area contributed by atoms with Gasteiger partial charge in [-0.3, -0.25) is 0 Å². The Morgan fingerprint density at radius 3 is 2.87 bits per heavy atom. The smallest absolute Gasteiger partial charge is 0.354 e. The monoisotopic (exact) mass is 209 g/mol. The maximum Gasteiger partial charge on any atom is 0.354 e. The highest BCUT2D eigenvalue weighted by atomic mass is 16.5. The molecule has 3 nitrogen and oxygen atoms in total. The Kier molecular flexibility index (Phi) is 4.40. The van der Waals surface area contributed by atoms with E-state index in [0.29, 0.717) is 18.2 Å². The minimum Gasteiger partial charge on any atom is -0.461 e. The Bertz CT molecular complexity index is 317. The van der Waals surface area contributed by atoms with Gasteiger partial charge in [-0.15, -0.1) is 0 Å². The second-order valence-electron chi connectivity index (χ2n) is 3.78. The van der Waals surface area contributed by atoms with E-state index < -0.39 is 0 Å². The summed E-state index contributed by atoms with van der Waals surface area (Å²) in [6.07, 6.45) is 3.04. The summed E-state index contributed by atoms with van der Waals surface area (Å²) in [6.45, 7) is 7.44. The highest BCUT2D eigenvalue weighted by Gasteiger charge is 2.12. The summed E-state index contributed by atoms with van der Waals surface area (Å²) in [5.41, 5.74) is 0.650. The van der Waals surface area contributed by atoms with Crippen LogP contribution in [0.15, 0.2) is 18.3 Å². The molecular formula is C12H19NO2. The minimum atomic E-state index is -0.231. The largest absolute Gasteiger partial charge is 0.461 e. The number of rotatable bonds is 5. The Labute approximate surface area is 91.0 Å². The summed E-state index contributed by atoms with van der Waals surface area (Å²) in [4.78, 5) is 11.6. The lowest BCUT2D eigenvalue weighted by Crippen LogP contribution is -2.14. The predicted octanol–water partition coefficient (Wildman–Crippen LogP) is 2.71. The van der Waals surface area contributed by atoms with Crippen molar-refractivity contribution in [3.8, 4) is 0 Å². The summed E-state index contributed by atoms with van der Waals surface area (Å²) >= 11 is 0. The van der Waals surface area contributed by atoms with Gasteiger partial charge < -0.3 is 9.30 Å². The zero-order valence-electron chi connectivity index (χ0n) is 9.69. The summed E-state index contributed by atoms with van der Waals surface area (Å²) in [6, 6.07) is 3.69. The third kappa shape index (κ3) is 3.11. The van der Waals surface area contributed by atoms with Gasteiger partial charge in [0.15, 0.2) is 0 Å². The Balaban J connectivity index is 2.73. The van der Waals surface area contributed by atoms with Gasteiger partial charge in [0.05, 0.1) is 6.61 Å². The predicted molar refractivity (Wildman–Crippen MR) is 59.8 cm³/mol. The van der Waals surface area contributed by atoms with Gasteiger partial charge in [0.25, 0.3) is 0 Å². The number of nitrogens with zero attached hydrogens (tertiary/aromatic N) is 1. The number of carbonyl (C=O) groups excluding carboxylic acids is 1. The number of ether oxygens (including phenoxy) is 1. The first-order valence-electron chi connectivity index (χ1n) is 5.51. The van der Waals surface area contributed by atoms with Crippen LogP contribution in [0.3, 0.4) is 0 Å². The molecule has 1 atom stereocenters. The van der Waals surface area contributed by atoms with Crippen LogP contribution in [0.5, 0.6) is 0 Å². The fourth-order valence-electron chi connectivity index (χ4n) is 1.43. The summed E-state index contributed by atoms with van der Waals surface area (Å²) in [5, 5.41) is 0. The summed E-state index contributed by atoms with van der Waals surface area (Å²) < 4.78 is 6.95. The molecule has 0 N–H and O–H groups in total. The number of hydrogen-bond donors (Lipinski definition) is 0. The second-order valence-corrected chi connectivity index (χ2v) is 3.78. The average Bonchev–Trinajstić information content (AvgIpc) is 2.66. The van der Waals surface area contributed by atoms with Gasteiger partial charge in [0, 0.05) is 12.7 Å². The fraction of sp³-hybridized carbons (Fsp3) is 0.583. The van der Waals surface area contributed by atoms with Crippen molar-refractivity contribution >= 4 is 5.97 Å². The lowest BCUT2D eigenvalue weighted by atomic mass is 10.1. The van der Waals surface area contributed by atoms with Crippen LogP contribution in [0.1, 0.15) is 37.7 Å². The molecule has 0 aliphatic rings. The van der Waals surface area contributed by atoms with E-state index in [1.54, 1.807) is 6.07 Å². The summed E-state index contributed by atoms with van der Waals surface area (Å²) in [7, 11) is 0. The van der Waals surface area contributed by atoms with E-state index in [1.807, 2.05) is 23.8 Å². The van der Waals surface area contributed by atoms with Gasteiger partial charge in [-0.1, -0.05) is 20.3 Å². The van der Waals surface area contributed by atoms with Crippen molar-refractivity contribution < 1.29 is 9.53 Å². The van der Waals surface area contributed by atoms with Gasteiger partial charge >= 0.3 is 5.97 Å². The molecule has 0 saturated carbocycles. The maximum atomic E-state index is 11.6. The lowest BCUT2D eigenvalue weighted by Gasteiger charge is -2.12. The van der Waals surface area contributed by atoms with E-state index in [0.717, 1.165) is 13.0 Å². The quantitative estimate of drug-likeness (QED) is 0.698. The van der Waals surface area contributed by atoms with Gasteiger partial charge in [-0.25, -0.2) is 4.79 Å². The molecular weight excluding hydrogens is 190 g/mol. The van der Waals surface area contributed by atoms with Crippen molar-refractivity contribution in [1.29, 1.82) is 0 Å². The van der Waals surface area contributed by atoms with E-state index in [4.69, 9.17) is 4.74 Å². The van der Waals surface area contributed by atoms with Crippen molar-refractivity contribution in [2.75, 3.05) is 6.61 Å². The molecule has 15 heavy (non-hydrogen) atoms. The number of aromatic nitrogens is 1. The van der Waals surface area contributed by atoms with Gasteiger partial charge in [0.2, 0.25) is 0 Å². The van der Waals surface area contributed by atoms with Crippen molar-refractivity contribution in [3.63, 3.8) is 0 Å². The van der Waals surface area contributed by atoms with Gasteiger partial charge in [-0.2, -0.15) is 0 Å². The molecule has 1 heterocycles. The molecule has 0 amide bonds. The zero-order chi connectivity index (χ0) is 11.3. The second kappa shape index (κ2) is 5.59. The standard InChI is InChI=1S/C12H19NO2/c1-4-10(3)9-13-8-6-7-11(13)12(14)15-5-2/h6-8,10H,4-5,9H2,1-3H3. The zero-order valence-corrected chi connectivity index (χ0v) is 9.69. The van der Waals surface area contributed by atoms with Crippen LogP contribution in [0, 0.1) is 5.92 Å². The molecule has 0 radical (unpaired) electrons. The number of carbonyl (C=O) groups is 1. The highest BCUT2D eigenvalue weighted by Crippen LogP contribution is 2.10. The van der Waals surface area contributed by atoms with E-state index in [-0.39, 0.29) is 5.97 Å². The first kappa shape index (κ1) is 11.8. The third-order valence-corrected chi connectivity index (χ3v) is 2.52. The number of hydrogen-bond acceptors (Lipinski definition) is 2. The molecule has 0 spiro atoms. The Morgan fingerprint density at radius 1 is 1.53 bits per heavy atom. The Morgan fingerprint density at radius 2 is 2.27 bits per heavy atom. The maximum absolute atomic E-state index is 11.6. The summed E-state index contributed by atoms with van der Waals surface area (Å²) in [5.74, 6) is 0.344. The normalized spacial score (nSPS) is 12.5. The van der Waals surface area contributed by atoms with Crippen LogP contribution in [-0.2, 0) is 11.3 Å². The highest BCUT2D eigenvalue weighted by molar-refractivity contribution is 5.87. The van der Waals surface area contributed by atoms with Crippen LogP contribution in [-0.4, -0.2) is 17.1 Å². The van der Waals surface area contributed by atoms with Crippen LogP contribution >= 0.6 is 0 Å². The molecule has 0 saturated heterocycles. The fourth-order valence-corrected chi connectivity index (χ4v) is 1.43. The van der Waals surface area contributed by atoms with Crippen LogP contribution in [0.2, 0.25) is 0 Å². The molecule has 0 bridgehead atoms. The molecule has 84 valence electrons. The number of esters is 1. The van der Waals surface area contributed by atoms with E-state index in [9.17, 15) is 4.79 Å². The van der Waals surface area contributed by atoms with Crippen molar-refractivity contribution in [3.05, 3.63) is 24.0 Å². The van der Waals surface area contributed by atoms with Crippen molar-refractivity contribution in [2.45, 2.75) is 33.7 Å². The SMILES string of the molecule is CCOC(=O)c1cccn1CC(C)CC. The molecule has 0 aliphatic heterocycles. The third-order valence-electron chi connectivity index (χ3n) is 2.52. The molecule has 1 aromatic heterocycles. The van der Waals surface area contributed by atoms with Gasteiger partial charge in [-0.05, 0) is 25.0 Å². The van der Waals surface area contributed by atoms with Crippen molar-refractivity contribution in [2.24, 2.45) is 5.92 Å². The molecule has 0 aromatic carbocycles. The van der Waals surface area contributed by atoms with Crippen LogP contribution in [0.25, 0.3) is 0 Å². The topological polar surface area (TPSA) is 31.2 Å². The minimum absolute atomic E-state index is 0.231.